The van der Waals surface area contributed by atoms with Gasteiger partial charge in [0.2, 0.25) is 0 Å². The van der Waals surface area contributed by atoms with Crippen LogP contribution >= 0.6 is 0 Å². The molecule has 2 heterocycles. The van der Waals surface area contributed by atoms with Crippen LogP contribution in [0.25, 0.3) is 0 Å². The molecule has 0 bridgehead atoms. The molecule has 30 heavy (non-hydrogen) atoms. The van der Waals surface area contributed by atoms with Crippen LogP contribution in [0.15, 0.2) is 29.3 Å². The fourth-order valence-corrected chi connectivity index (χ4v) is 3.81. The number of aliphatic imine (C=N–C) groups is 1. The summed E-state index contributed by atoms with van der Waals surface area (Å²) < 4.78 is 22.8. The van der Waals surface area contributed by atoms with Crippen molar-refractivity contribution in [2.24, 2.45) is 4.99 Å². The largest absolute Gasteiger partial charge is 0.497 e. The van der Waals surface area contributed by atoms with Crippen molar-refractivity contribution in [1.29, 1.82) is 0 Å². The van der Waals surface area contributed by atoms with E-state index in [1.807, 2.05) is 24.3 Å². The Morgan fingerprint density at radius 2 is 2.07 bits per heavy atom. The minimum absolute atomic E-state index is 0.307. The van der Waals surface area contributed by atoms with Gasteiger partial charge in [0.1, 0.15) is 11.5 Å². The molecule has 1 aromatic rings. The van der Waals surface area contributed by atoms with Gasteiger partial charge < -0.3 is 29.2 Å². The maximum Gasteiger partial charge on any atom is 0.193 e. The van der Waals surface area contributed by atoms with Crippen LogP contribution in [0.5, 0.6) is 11.5 Å². The Bertz CT molecular complexity index is 641. The summed E-state index contributed by atoms with van der Waals surface area (Å²) in [7, 11) is 1.66. The van der Waals surface area contributed by atoms with Crippen LogP contribution < -0.4 is 14.8 Å². The van der Waals surface area contributed by atoms with E-state index in [9.17, 15) is 0 Å². The van der Waals surface area contributed by atoms with E-state index in [0.29, 0.717) is 18.8 Å². The number of piperidine rings is 1. The number of ether oxygens (including phenoxy) is 4. The van der Waals surface area contributed by atoms with E-state index in [1.165, 1.54) is 6.42 Å². The summed E-state index contributed by atoms with van der Waals surface area (Å²) >= 11 is 0. The number of hydrogen-bond donors (Lipinski definition) is 1. The first-order valence-electron chi connectivity index (χ1n) is 11.3. The number of likely N-dealkylation sites (tertiary alicyclic amines) is 1. The topological polar surface area (TPSA) is 64.6 Å². The minimum Gasteiger partial charge on any atom is -0.497 e. The van der Waals surface area contributed by atoms with Crippen LogP contribution in [0.1, 0.15) is 39.0 Å². The van der Waals surface area contributed by atoms with Gasteiger partial charge in [-0.15, -0.1) is 0 Å². The maximum absolute atomic E-state index is 6.09. The van der Waals surface area contributed by atoms with E-state index in [0.717, 1.165) is 82.5 Å². The first kappa shape index (κ1) is 22.7. The molecule has 1 N–H and O–H groups in total. The van der Waals surface area contributed by atoms with Crippen molar-refractivity contribution >= 4 is 5.96 Å². The second-order valence-corrected chi connectivity index (χ2v) is 7.77. The van der Waals surface area contributed by atoms with Gasteiger partial charge in [-0.3, -0.25) is 4.99 Å². The Labute approximate surface area is 180 Å². The normalized spacial score (nSPS) is 20.4. The van der Waals surface area contributed by atoms with Crippen molar-refractivity contribution in [3.05, 3.63) is 24.3 Å². The molecule has 0 spiro atoms. The highest BCUT2D eigenvalue weighted by Gasteiger charge is 2.24. The zero-order valence-corrected chi connectivity index (χ0v) is 18.5. The Morgan fingerprint density at radius 1 is 1.23 bits per heavy atom. The minimum atomic E-state index is 0.307. The van der Waals surface area contributed by atoms with Crippen LogP contribution in [0, 0.1) is 0 Å². The number of hydrogen-bond acceptors (Lipinski definition) is 5. The van der Waals surface area contributed by atoms with Gasteiger partial charge in [0, 0.05) is 45.3 Å². The Kier molecular flexibility index (Phi) is 9.57. The van der Waals surface area contributed by atoms with Crippen molar-refractivity contribution in [2.45, 2.75) is 51.2 Å². The Balaban J connectivity index is 1.36. The van der Waals surface area contributed by atoms with Gasteiger partial charge in [-0.05, 0) is 44.7 Å². The summed E-state index contributed by atoms with van der Waals surface area (Å²) in [5.41, 5.74) is 0. The van der Waals surface area contributed by atoms with Crippen molar-refractivity contribution in [3.8, 4) is 11.5 Å². The van der Waals surface area contributed by atoms with Crippen LogP contribution in [-0.2, 0) is 9.47 Å². The maximum atomic E-state index is 6.09. The molecule has 3 rings (SSSR count). The van der Waals surface area contributed by atoms with E-state index in [-0.39, 0.29) is 0 Å². The van der Waals surface area contributed by atoms with E-state index in [2.05, 4.69) is 17.1 Å². The highest BCUT2D eigenvalue weighted by molar-refractivity contribution is 5.80. The molecule has 2 aliphatic rings. The summed E-state index contributed by atoms with van der Waals surface area (Å²) in [6, 6.07) is 7.69. The van der Waals surface area contributed by atoms with Gasteiger partial charge in [-0.25, -0.2) is 0 Å². The monoisotopic (exact) mass is 419 g/mol. The number of rotatable bonds is 10. The predicted molar refractivity (Wildman–Crippen MR) is 119 cm³/mol. The van der Waals surface area contributed by atoms with Gasteiger partial charge in [-0.1, -0.05) is 6.07 Å². The van der Waals surface area contributed by atoms with Gasteiger partial charge >= 0.3 is 0 Å². The third-order valence-electron chi connectivity index (χ3n) is 5.49. The summed E-state index contributed by atoms with van der Waals surface area (Å²) in [5, 5.41) is 3.43. The van der Waals surface area contributed by atoms with Crippen LogP contribution in [-0.4, -0.2) is 76.2 Å². The number of nitrogens with one attached hydrogen (secondary N) is 1. The highest BCUT2D eigenvalue weighted by atomic mass is 16.5. The molecule has 2 fully saturated rings. The Hall–Kier alpha value is -1.99. The predicted octanol–water partition coefficient (Wildman–Crippen LogP) is 3.09. The number of benzene rings is 1. The lowest BCUT2D eigenvalue weighted by Crippen LogP contribution is -2.47. The highest BCUT2D eigenvalue weighted by Crippen LogP contribution is 2.19. The Morgan fingerprint density at radius 3 is 2.80 bits per heavy atom. The van der Waals surface area contributed by atoms with Crippen LogP contribution in [0.3, 0.4) is 0 Å². The second kappa shape index (κ2) is 12.6. The van der Waals surface area contributed by atoms with Crippen LogP contribution in [0.2, 0.25) is 0 Å². The molecule has 1 aromatic carbocycles. The molecule has 2 saturated heterocycles. The third kappa shape index (κ3) is 7.36. The molecule has 7 nitrogen and oxygen atoms in total. The molecule has 0 radical (unpaired) electrons. The molecule has 168 valence electrons. The molecular formula is C23H37N3O4. The quantitative estimate of drug-likeness (QED) is 0.357. The van der Waals surface area contributed by atoms with Gasteiger partial charge in [0.15, 0.2) is 5.96 Å². The lowest BCUT2D eigenvalue weighted by atomic mass is 10.1. The van der Waals surface area contributed by atoms with Gasteiger partial charge in [0.25, 0.3) is 0 Å². The lowest BCUT2D eigenvalue weighted by molar-refractivity contribution is -0.0367. The number of guanidine groups is 1. The molecule has 1 unspecified atom stereocenters. The average molecular weight is 420 g/mol. The summed E-state index contributed by atoms with van der Waals surface area (Å²) in [4.78, 5) is 7.15. The van der Waals surface area contributed by atoms with E-state index in [1.54, 1.807) is 7.11 Å². The molecule has 1 atom stereocenters. The summed E-state index contributed by atoms with van der Waals surface area (Å²) in [6.07, 6.45) is 5.89. The van der Waals surface area contributed by atoms with E-state index in [4.69, 9.17) is 23.9 Å². The summed E-state index contributed by atoms with van der Waals surface area (Å²) in [5.74, 6) is 2.63. The molecular weight excluding hydrogens is 382 g/mol. The number of methoxy groups -OCH3 is 1. The van der Waals surface area contributed by atoms with E-state index < -0.39 is 0 Å². The zero-order valence-electron chi connectivity index (χ0n) is 18.5. The smallest absolute Gasteiger partial charge is 0.193 e. The van der Waals surface area contributed by atoms with Gasteiger partial charge in [-0.2, -0.15) is 0 Å². The fourth-order valence-electron chi connectivity index (χ4n) is 3.81. The first-order chi connectivity index (χ1) is 14.8. The van der Waals surface area contributed by atoms with Gasteiger partial charge in [0.05, 0.1) is 32.5 Å². The van der Waals surface area contributed by atoms with Crippen LogP contribution in [0.4, 0.5) is 0 Å². The van der Waals surface area contributed by atoms with E-state index >= 15 is 0 Å². The van der Waals surface area contributed by atoms with Crippen molar-refractivity contribution < 1.29 is 18.9 Å². The molecule has 0 aromatic heterocycles. The van der Waals surface area contributed by atoms with Crippen molar-refractivity contribution in [1.82, 2.24) is 10.2 Å². The molecule has 0 aliphatic carbocycles. The molecule has 2 aliphatic heterocycles. The van der Waals surface area contributed by atoms with Crippen molar-refractivity contribution in [3.63, 3.8) is 0 Å². The molecule has 0 amide bonds. The third-order valence-corrected chi connectivity index (χ3v) is 5.49. The average Bonchev–Trinajstić information content (AvgIpc) is 3.31. The molecule has 7 heteroatoms. The molecule has 0 saturated carbocycles. The second-order valence-electron chi connectivity index (χ2n) is 7.77. The van der Waals surface area contributed by atoms with Crippen molar-refractivity contribution in [2.75, 3.05) is 53.1 Å². The zero-order chi connectivity index (χ0) is 21.0. The number of nitrogens with zero attached hydrogens (tertiary/aromatic N) is 2. The first-order valence-corrected chi connectivity index (χ1v) is 11.3. The standard InChI is InChI=1S/C23H37N3O4/c1-3-24-23(25-12-6-16-28-21-8-4-7-20(17-21)27-2)26-13-10-19(11-14-26)30-18-22-9-5-15-29-22/h4,7-8,17,19,22H,3,5-6,9-16,18H2,1-2H3,(H,24,25). The lowest BCUT2D eigenvalue weighted by Gasteiger charge is -2.34. The fraction of sp³-hybridized carbons (Fsp3) is 0.696. The summed E-state index contributed by atoms with van der Waals surface area (Å²) in [6.45, 7) is 7.93. The SMILES string of the molecule is CCNC(=NCCCOc1cccc(OC)c1)N1CCC(OCC2CCCO2)CC1.